The summed E-state index contributed by atoms with van der Waals surface area (Å²) >= 11 is 1.62. The molecule has 3 rings (SSSR count). The van der Waals surface area contributed by atoms with Crippen molar-refractivity contribution >= 4 is 17.2 Å². The van der Waals surface area contributed by atoms with Gasteiger partial charge in [0.05, 0.1) is 24.8 Å². The maximum absolute atomic E-state index is 12.6. The monoisotopic (exact) mass is 384 g/mol. The number of nitrogens with one attached hydrogen (secondary N) is 1. The minimum atomic E-state index is -4.41. The largest absolute Gasteiger partial charge is 0.416 e. The van der Waals surface area contributed by atoms with Gasteiger partial charge in [-0.05, 0) is 35.7 Å². The molecule has 140 valence electrons. The zero-order valence-electron chi connectivity index (χ0n) is 14.0. The molecule has 1 fully saturated rings. The number of amides is 1. The third-order valence-corrected chi connectivity index (χ3v) is 5.26. The molecule has 0 spiro atoms. The number of ether oxygens (including phenoxy) is 1. The fourth-order valence-electron chi connectivity index (χ4n) is 2.88. The molecule has 1 aliphatic heterocycles. The fourth-order valence-corrected chi connectivity index (χ4v) is 3.74. The molecule has 2 aromatic rings. The molecule has 2 heterocycles. The highest BCUT2D eigenvalue weighted by atomic mass is 32.1. The van der Waals surface area contributed by atoms with E-state index in [2.05, 4.69) is 10.2 Å². The van der Waals surface area contributed by atoms with Gasteiger partial charge in [0.15, 0.2) is 0 Å². The predicted molar refractivity (Wildman–Crippen MR) is 93.2 cm³/mol. The summed E-state index contributed by atoms with van der Waals surface area (Å²) in [6.45, 7) is 3.24. The zero-order chi connectivity index (χ0) is 18.6. The molecule has 26 heavy (non-hydrogen) atoms. The topological polar surface area (TPSA) is 41.6 Å². The average Bonchev–Trinajstić information content (AvgIpc) is 3.16. The highest BCUT2D eigenvalue weighted by Crippen LogP contribution is 2.29. The van der Waals surface area contributed by atoms with Gasteiger partial charge in [0.2, 0.25) is 0 Å². The fraction of sp³-hybridized carbons (Fsp3) is 0.389. The number of benzene rings is 1. The molecule has 4 nitrogen and oxygen atoms in total. The summed E-state index contributed by atoms with van der Waals surface area (Å²) < 4.78 is 43.3. The molecule has 0 radical (unpaired) electrons. The van der Waals surface area contributed by atoms with Crippen LogP contribution in [0.4, 0.5) is 13.2 Å². The number of nitrogens with zero attached hydrogens (tertiary/aromatic N) is 1. The molecular formula is C18H19F3N2O2S. The Kier molecular flexibility index (Phi) is 5.95. The Labute approximate surface area is 153 Å². The van der Waals surface area contributed by atoms with Crippen LogP contribution in [0, 0.1) is 0 Å². The Morgan fingerprint density at radius 3 is 2.46 bits per heavy atom. The lowest BCUT2D eigenvalue weighted by molar-refractivity contribution is -0.137. The molecular weight excluding hydrogens is 365 g/mol. The lowest BCUT2D eigenvalue weighted by Crippen LogP contribution is -2.43. The van der Waals surface area contributed by atoms with Gasteiger partial charge in [-0.25, -0.2) is 0 Å². The maximum atomic E-state index is 12.6. The molecule has 0 saturated carbocycles. The Hall–Kier alpha value is -1.90. The molecule has 0 unspecified atom stereocenters. The van der Waals surface area contributed by atoms with Gasteiger partial charge < -0.3 is 10.1 Å². The van der Waals surface area contributed by atoms with Gasteiger partial charge in [-0.3, -0.25) is 9.69 Å². The number of hydrogen-bond acceptors (Lipinski definition) is 4. The summed E-state index contributed by atoms with van der Waals surface area (Å²) in [5.41, 5.74) is -0.552. The van der Waals surface area contributed by atoms with E-state index in [1.165, 1.54) is 12.1 Å². The van der Waals surface area contributed by atoms with Crippen LogP contribution in [-0.4, -0.2) is 43.7 Å². The van der Waals surface area contributed by atoms with Crippen molar-refractivity contribution in [1.82, 2.24) is 10.2 Å². The van der Waals surface area contributed by atoms with Crippen LogP contribution in [0.1, 0.15) is 26.8 Å². The summed E-state index contributed by atoms with van der Waals surface area (Å²) in [7, 11) is 0. The average molecular weight is 384 g/mol. The van der Waals surface area contributed by atoms with E-state index in [-0.39, 0.29) is 17.5 Å². The lowest BCUT2D eigenvalue weighted by Gasteiger charge is -2.34. The SMILES string of the molecule is O=C(NC[C@H](c1cccs1)N1CCOCC1)c1ccc(C(F)(F)F)cc1. The number of morpholine rings is 1. The molecule has 0 bridgehead atoms. The van der Waals surface area contributed by atoms with Crippen LogP contribution < -0.4 is 5.32 Å². The van der Waals surface area contributed by atoms with Crippen LogP contribution in [0.25, 0.3) is 0 Å². The molecule has 1 N–H and O–H groups in total. The van der Waals surface area contributed by atoms with E-state index in [1.807, 2.05) is 17.5 Å². The number of hydrogen-bond donors (Lipinski definition) is 1. The summed E-state index contributed by atoms with van der Waals surface area (Å²) in [6.07, 6.45) is -4.41. The molecule has 1 aromatic heterocycles. The highest BCUT2D eigenvalue weighted by Gasteiger charge is 2.30. The van der Waals surface area contributed by atoms with Gasteiger partial charge in [-0.2, -0.15) is 13.2 Å². The van der Waals surface area contributed by atoms with Crippen LogP contribution in [0.5, 0.6) is 0 Å². The van der Waals surface area contributed by atoms with Crippen molar-refractivity contribution in [2.24, 2.45) is 0 Å². The molecule has 1 aromatic carbocycles. The maximum Gasteiger partial charge on any atom is 0.416 e. The quantitative estimate of drug-likeness (QED) is 0.857. The number of carbonyl (C=O) groups excluding carboxylic acids is 1. The van der Waals surface area contributed by atoms with E-state index in [4.69, 9.17) is 4.74 Å². The number of alkyl halides is 3. The van der Waals surface area contributed by atoms with E-state index in [0.717, 1.165) is 30.1 Å². The molecule has 0 aliphatic carbocycles. The standard InChI is InChI=1S/C18H19F3N2O2S/c19-18(20,21)14-5-3-13(4-6-14)17(24)22-12-15(16-2-1-11-26-16)23-7-9-25-10-8-23/h1-6,11,15H,7-10,12H2,(H,22,24)/t15-/m1/s1. The van der Waals surface area contributed by atoms with Gasteiger partial charge in [0, 0.05) is 30.1 Å². The lowest BCUT2D eigenvalue weighted by atomic mass is 10.1. The van der Waals surface area contributed by atoms with E-state index in [1.54, 1.807) is 11.3 Å². The van der Waals surface area contributed by atoms with Gasteiger partial charge >= 0.3 is 6.18 Å². The van der Waals surface area contributed by atoms with E-state index in [0.29, 0.717) is 19.8 Å². The van der Waals surface area contributed by atoms with Crippen LogP contribution in [0.2, 0.25) is 0 Å². The van der Waals surface area contributed by atoms with Crippen LogP contribution in [0.3, 0.4) is 0 Å². The second-order valence-corrected chi connectivity index (χ2v) is 6.94. The Bertz CT molecular complexity index is 711. The summed E-state index contributed by atoms with van der Waals surface area (Å²) in [5.74, 6) is -0.381. The first kappa shape index (κ1) is 18.9. The van der Waals surface area contributed by atoms with Gasteiger partial charge in [0.1, 0.15) is 0 Å². The van der Waals surface area contributed by atoms with Crippen LogP contribution in [-0.2, 0) is 10.9 Å². The van der Waals surface area contributed by atoms with Crippen molar-refractivity contribution in [1.29, 1.82) is 0 Å². The van der Waals surface area contributed by atoms with E-state index >= 15 is 0 Å². The number of halogens is 3. The van der Waals surface area contributed by atoms with Crippen molar-refractivity contribution in [3.05, 3.63) is 57.8 Å². The van der Waals surface area contributed by atoms with Crippen molar-refractivity contribution < 1.29 is 22.7 Å². The normalized spacial score (nSPS) is 17.0. The number of carbonyl (C=O) groups is 1. The van der Waals surface area contributed by atoms with Gasteiger partial charge in [0.25, 0.3) is 5.91 Å². The first-order valence-electron chi connectivity index (χ1n) is 8.26. The minimum Gasteiger partial charge on any atom is -0.379 e. The molecule has 1 saturated heterocycles. The second kappa shape index (κ2) is 8.20. The second-order valence-electron chi connectivity index (χ2n) is 5.96. The third kappa shape index (κ3) is 4.63. The van der Waals surface area contributed by atoms with Gasteiger partial charge in [-0.1, -0.05) is 6.07 Å². The smallest absolute Gasteiger partial charge is 0.379 e. The van der Waals surface area contributed by atoms with Crippen LogP contribution in [0.15, 0.2) is 41.8 Å². The number of rotatable bonds is 5. The Morgan fingerprint density at radius 1 is 1.19 bits per heavy atom. The van der Waals surface area contributed by atoms with Crippen molar-refractivity contribution in [3.8, 4) is 0 Å². The van der Waals surface area contributed by atoms with Crippen molar-refractivity contribution in [2.75, 3.05) is 32.8 Å². The van der Waals surface area contributed by atoms with Crippen LogP contribution >= 0.6 is 11.3 Å². The van der Waals surface area contributed by atoms with Gasteiger partial charge in [-0.15, -0.1) is 11.3 Å². The zero-order valence-corrected chi connectivity index (χ0v) is 14.8. The molecule has 8 heteroatoms. The van der Waals surface area contributed by atoms with E-state index < -0.39 is 11.7 Å². The number of thiophene rings is 1. The molecule has 1 atom stereocenters. The minimum absolute atomic E-state index is 0.0253. The first-order valence-corrected chi connectivity index (χ1v) is 9.14. The molecule has 1 aliphatic rings. The summed E-state index contributed by atoms with van der Waals surface area (Å²) in [6, 6.07) is 8.26. The first-order chi connectivity index (χ1) is 12.4. The predicted octanol–water partition coefficient (Wildman–Crippen LogP) is 3.57. The van der Waals surface area contributed by atoms with Crippen molar-refractivity contribution in [2.45, 2.75) is 12.2 Å². The van der Waals surface area contributed by atoms with E-state index in [9.17, 15) is 18.0 Å². The summed E-state index contributed by atoms with van der Waals surface area (Å²) in [5, 5.41) is 4.83. The molecule has 1 amide bonds. The third-order valence-electron chi connectivity index (χ3n) is 4.29. The highest BCUT2D eigenvalue weighted by molar-refractivity contribution is 7.10. The van der Waals surface area contributed by atoms with Crippen molar-refractivity contribution in [3.63, 3.8) is 0 Å². The Balaban J connectivity index is 1.65. The summed E-state index contributed by atoms with van der Waals surface area (Å²) in [4.78, 5) is 15.7. The Morgan fingerprint density at radius 2 is 1.88 bits per heavy atom.